The molecule has 2 rings (SSSR count). The van der Waals surface area contributed by atoms with Gasteiger partial charge in [0.15, 0.2) is 0 Å². The van der Waals surface area contributed by atoms with Gasteiger partial charge < -0.3 is 9.73 Å². The highest BCUT2D eigenvalue weighted by Crippen LogP contribution is 2.21. The van der Waals surface area contributed by atoms with E-state index in [1.807, 2.05) is 6.26 Å². The van der Waals surface area contributed by atoms with Gasteiger partial charge in [-0.15, -0.1) is 0 Å². The second kappa shape index (κ2) is 6.64. The molecule has 1 aliphatic rings. The van der Waals surface area contributed by atoms with Crippen LogP contribution in [0, 0.1) is 0 Å². The summed E-state index contributed by atoms with van der Waals surface area (Å²) in [7, 11) is 0. The van der Waals surface area contributed by atoms with Gasteiger partial charge in [-0.3, -0.25) is 4.90 Å². The van der Waals surface area contributed by atoms with Crippen molar-refractivity contribution in [2.24, 2.45) is 0 Å². The third-order valence-electron chi connectivity index (χ3n) is 3.23. The van der Waals surface area contributed by atoms with Crippen molar-refractivity contribution in [1.82, 2.24) is 10.2 Å². The number of hydrogen-bond donors (Lipinski definition) is 1. The van der Waals surface area contributed by atoms with E-state index in [2.05, 4.69) is 48.8 Å². The maximum Gasteiger partial charge on any atom is 0.122 e. The zero-order chi connectivity index (χ0) is 13.0. The normalized spacial score (nSPS) is 21.7. The summed E-state index contributed by atoms with van der Waals surface area (Å²) in [5.74, 6) is 2.36. The molecule has 1 unspecified atom stereocenters. The maximum atomic E-state index is 5.65. The van der Waals surface area contributed by atoms with Crippen molar-refractivity contribution in [3.05, 3.63) is 23.7 Å². The molecule has 1 aromatic rings. The van der Waals surface area contributed by atoms with Gasteiger partial charge in [-0.1, -0.05) is 20.8 Å². The average Bonchev–Trinajstić information content (AvgIpc) is 2.74. The van der Waals surface area contributed by atoms with Crippen LogP contribution in [0.2, 0.25) is 0 Å². The molecule has 0 amide bonds. The van der Waals surface area contributed by atoms with E-state index in [0.29, 0.717) is 6.04 Å². The molecule has 0 bridgehead atoms. The van der Waals surface area contributed by atoms with Crippen molar-refractivity contribution < 1.29 is 4.42 Å². The quantitative estimate of drug-likeness (QED) is 0.889. The zero-order valence-corrected chi connectivity index (χ0v) is 12.4. The molecule has 1 N–H and O–H groups in total. The van der Waals surface area contributed by atoms with E-state index in [-0.39, 0.29) is 0 Å². The summed E-state index contributed by atoms with van der Waals surface area (Å²) >= 11 is 2.07. The van der Waals surface area contributed by atoms with Crippen LogP contribution in [-0.4, -0.2) is 35.0 Å². The van der Waals surface area contributed by atoms with E-state index < -0.39 is 0 Å². The zero-order valence-electron chi connectivity index (χ0n) is 11.6. The largest absolute Gasteiger partial charge is 0.468 e. The second-order valence-corrected chi connectivity index (χ2v) is 6.87. The number of rotatable bonds is 5. The summed E-state index contributed by atoms with van der Waals surface area (Å²) in [4.78, 5) is 2.50. The Balaban J connectivity index is 1.90. The topological polar surface area (TPSA) is 28.4 Å². The molecule has 0 radical (unpaired) electrons. The molecule has 1 aliphatic heterocycles. The first kappa shape index (κ1) is 14.0. The van der Waals surface area contributed by atoms with Crippen molar-refractivity contribution in [3.8, 4) is 0 Å². The molecule has 4 heteroatoms. The van der Waals surface area contributed by atoms with Gasteiger partial charge in [0.25, 0.3) is 0 Å². The van der Waals surface area contributed by atoms with Crippen LogP contribution in [0.5, 0.6) is 0 Å². The minimum absolute atomic E-state index is 0.513. The van der Waals surface area contributed by atoms with Crippen LogP contribution in [-0.2, 0) is 13.1 Å². The van der Waals surface area contributed by atoms with Crippen LogP contribution in [0.4, 0.5) is 0 Å². The molecule has 1 aromatic heterocycles. The predicted octanol–water partition coefficient (Wildman–Crippen LogP) is 2.71. The lowest BCUT2D eigenvalue weighted by Crippen LogP contribution is -2.36. The van der Waals surface area contributed by atoms with Gasteiger partial charge in [0.05, 0.1) is 12.8 Å². The third-order valence-corrected chi connectivity index (χ3v) is 4.37. The van der Waals surface area contributed by atoms with Gasteiger partial charge in [0, 0.05) is 42.2 Å². The lowest BCUT2D eigenvalue weighted by Gasteiger charge is -2.29. The summed E-state index contributed by atoms with van der Waals surface area (Å²) < 4.78 is 5.65. The highest BCUT2D eigenvalue weighted by atomic mass is 32.2. The minimum atomic E-state index is 0.513. The molecule has 1 fully saturated rings. The Morgan fingerprint density at radius 3 is 3.11 bits per heavy atom. The Morgan fingerprint density at radius 1 is 1.56 bits per heavy atom. The third kappa shape index (κ3) is 4.04. The molecule has 3 nitrogen and oxygen atoms in total. The molecular weight excluding hydrogens is 244 g/mol. The summed E-state index contributed by atoms with van der Waals surface area (Å²) in [5, 5.41) is 4.19. The molecular formula is C14H24N2OS. The van der Waals surface area contributed by atoms with Gasteiger partial charge in [-0.2, -0.15) is 11.8 Å². The molecule has 1 atom stereocenters. The molecule has 2 heterocycles. The monoisotopic (exact) mass is 268 g/mol. The van der Waals surface area contributed by atoms with Gasteiger partial charge in [-0.05, 0) is 6.07 Å². The smallest absolute Gasteiger partial charge is 0.122 e. The first-order valence-corrected chi connectivity index (χ1v) is 7.82. The Morgan fingerprint density at radius 2 is 2.39 bits per heavy atom. The van der Waals surface area contributed by atoms with Crippen LogP contribution in [0.15, 0.2) is 16.7 Å². The molecule has 1 saturated heterocycles. The molecule has 0 spiro atoms. The van der Waals surface area contributed by atoms with Crippen LogP contribution >= 0.6 is 11.8 Å². The van der Waals surface area contributed by atoms with Crippen molar-refractivity contribution in [2.45, 2.75) is 45.2 Å². The number of nitrogens with zero attached hydrogens (tertiary/aromatic N) is 1. The van der Waals surface area contributed by atoms with E-state index in [4.69, 9.17) is 4.42 Å². The van der Waals surface area contributed by atoms with Gasteiger partial charge in [0.1, 0.15) is 5.76 Å². The molecule has 0 aromatic carbocycles. The maximum absolute atomic E-state index is 5.65. The van der Waals surface area contributed by atoms with Crippen LogP contribution < -0.4 is 5.32 Å². The molecule has 102 valence electrons. The summed E-state index contributed by atoms with van der Waals surface area (Å²) in [5.41, 5.74) is 1.30. The number of nitrogens with one attached hydrogen (secondary N) is 1. The van der Waals surface area contributed by atoms with Crippen molar-refractivity contribution in [2.75, 3.05) is 18.8 Å². The van der Waals surface area contributed by atoms with Crippen LogP contribution in [0.3, 0.4) is 0 Å². The van der Waals surface area contributed by atoms with E-state index in [0.717, 1.165) is 24.1 Å². The molecule has 18 heavy (non-hydrogen) atoms. The van der Waals surface area contributed by atoms with Crippen LogP contribution in [0.25, 0.3) is 0 Å². The Kier molecular flexibility index (Phi) is 5.15. The Bertz CT molecular complexity index is 364. The first-order valence-electron chi connectivity index (χ1n) is 6.77. The van der Waals surface area contributed by atoms with E-state index in [1.165, 1.54) is 24.4 Å². The van der Waals surface area contributed by atoms with E-state index >= 15 is 0 Å². The Hall–Kier alpha value is -0.450. The SMILES string of the molecule is CC(C)NCc1ccoc1CN1CCSC(C)C1. The van der Waals surface area contributed by atoms with Gasteiger partial charge in [-0.25, -0.2) is 0 Å². The fourth-order valence-corrected chi connectivity index (χ4v) is 3.30. The average molecular weight is 268 g/mol. The fourth-order valence-electron chi connectivity index (χ4n) is 2.21. The Labute approximate surface area is 114 Å². The first-order chi connectivity index (χ1) is 8.65. The molecule has 0 aliphatic carbocycles. The van der Waals surface area contributed by atoms with Gasteiger partial charge >= 0.3 is 0 Å². The van der Waals surface area contributed by atoms with Crippen LogP contribution in [0.1, 0.15) is 32.1 Å². The van der Waals surface area contributed by atoms with Crippen molar-refractivity contribution in [3.63, 3.8) is 0 Å². The standard InChI is InChI=1S/C14H24N2OS/c1-11(2)15-8-13-4-6-17-14(13)10-16-5-7-18-12(3)9-16/h4,6,11-12,15H,5,7-10H2,1-3H3. The number of thioether (sulfide) groups is 1. The summed E-state index contributed by atoms with van der Waals surface area (Å²) in [6.45, 7) is 10.8. The summed E-state index contributed by atoms with van der Waals surface area (Å²) in [6, 6.07) is 2.60. The number of furan rings is 1. The fraction of sp³-hybridized carbons (Fsp3) is 0.714. The minimum Gasteiger partial charge on any atom is -0.468 e. The lowest BCUT2D eigenvalue weighted by atomic mass is 10.2. The highest BCUT2D eigenvalue weighted by molar-refractivity contribution is 7.99. The lowest BCUT2D eigenvalue weighted by molar-refractivity contribution is 0.253. The van der Waals surface area contributed by atoms with Crippen molar-refractivity contribution in [1.29, 1.82) is 0 Å². The van der Waals surface area contributed by atoms with E-state index in [1.54, 1.807) is 0 Å². The highest BCUT2D eigenvalue weighted by Gasteiger charge is 2.19. The summed E-state index contributed by atoms with van der Waals surface area (Å²) in [6.07, 6.45) is 1.81. The van der Waals surface area contributed by atoms with Crippen molar-refractivity contribution >= 4 is 11.8 Å². The van der Waals surface area contributed by atoms with Gasteiger partial charge in [0.2, 0.25) is 0 Å². The van der Waals surface area contributed by atoms with E-state index in [9.17, 15) is 0 Å². The predicted molar refractivity (Wildman–Crippen MR) is 77.9 cm³/mol. The molecule has 0 saturated carbocycles. The second-order valence-electron chi connectivity index (χ2n) is 5.32. The number of hydrogen-bond acceptors (Lipinski definition) is 4.